The summed E-state index contributed by atoms with van der Waals surface area (Å²) in [6.07, 6.45) is -1.28. The minimum absolute atomic E-state index is 0.156. The standard InChI is InChI=1S/C26H25F3N4O3/c1-15-21(12-18(14-31-15)32-25(35)17-4-6-30-24(11-17)26(27,28)29)16-2-3-20-22(10-16)33-7-9-36-8-5-19(33)13-23(20)34/h2-4,6,10-12,14,19,23,34H,5,7-9,13H2,1H3,(H,32,35). The summed E-state index contributed by atoms with van der Waals surface area (Å²) in [6.45, 7) is 3.85. The molecule has 10 heteroatoms. The fourth-order valence-electron chi connectivity index (χ4n) is 4.84. The molecule has 4 heterocycles. The van der Waals surface area contributed by atoms with Crippen LogP contribution in [0.3, 0.4) is 0 Å². The molecular formula is C26H25F3N4O3. The van der Waals surface area contributed by atoms with Crippen LogP contribution in [-0.4, -0.2) is 46.8 Å². The molecule has 1 saturated heterocycles. The molecule has 1 amide bonds. The molecule has 0 aliphatic carbocycles. The number of halogens is 3. The van der Waals surface area contributed by atoms with Crippen LogP contribution in [0.25, 0.3) is 11.1 Å². The summed E-state index contributed by atoms with van der Waals surface area (Å²) in [5, 5.41) is 13.4. The van der Waals surface area contributed by atoms with Crippen molar-refractivity contribution in [2.75, 3.05) is 30.0 Å². The lowest BCUT2D eigenvalue weighted by Crippen LogP contribution is -2.41. The Morgan fingerprint density at radius 1 is 1.17 bits per heavy atom. The molecule has 188 valence electrons. The number of hydrogen-bond acceptors (Lipinski definition) is 6. The monoisotopic (exact) mass is 498 g/mol. The molecule has 36 heavy (non-hydrogen) atoms. The number of fused-ring (bicyclic) bond motifs is 3. The van der Waals surface area contributed by atoms with Gasteiger partial charge in [0.15, 0.2) is 0 Å². The molecule has 0 spiro atoms. The Kier molecular flexibility index (Phi) is 6.40. The first-order valence-corrected chi connectivity index (χ1v) is 11.7. The fourth-order valence-corrected chi connectivity index (χ4v) is 4.84. The molecule has 0 radical (unpaired) electrons. The van der Waals surface area contributed by atoms with Crippen LogP contribution in [0.1, 0.15) is 46.3 Å². The number of alkyl halides is 3. The Bertz CT molecular complexity index is 1300. The number of carbonyl (C=O) groups excluding carboxylic acids is 1. The van der Waals surface area contributed by atoms with Crippen molar-refractivity contribution in [1.82, 2.24) is 9.97 Å². The van der Waals surface area contributed by atoms with Gasteiger partial charge in [0.05, 0.1) is 24.6 Å². The third-order valence-corrected chi connectivity index (χ3v) is 6.68. The largest absolute Gasteiger partial charge is 0.433 e. The SMILES string of the molecule is Cc1ncc(NC(=O)c2ccnc(C(F)(F)F)c2)cc1-c1ccc2c(c1)N1CCOCCC1CC2O. The smallest absolute Gasteiger partial charge is 0.388 e. The summed E-state index contributed by atoms with van der Waals surface area (Å²) in [4.78, 5) is 22.6. The quantitative estimate of drug-likeness (QED) is 0.542. The average Bonchev–Trinajstić information content (AvgIpc) is 3.10. The summed E-state index contributed by atoms with van der Waals surface area (Å²) in [5.41, 5.74) is 3.23. The maximum absolute atomic E-state index is 13.0. The van der Waals surface area contributed by atoms with E-state index in [4.69, 9.17) is 4.74 Å². The van der Waals surface area contributed by atoms with Gasteiger partial charge < -0.3 is 20.1 Å². The van der Waals surface area contributed by atoms with E-state index in [0.717, 1.165) is 47.2 Å². The minimum Gasteiger partial charge on any atom is -0.388 e. The minimum atomic E-state index is -4.65. The summed E-state index contributed by atoms with van der Waals surface area (Å²) in [6, 6.07) is 9.72. The van der Waals surface area contributed by atoms with E-state index in [0.29, 0.717) is 31.4 Å². The van der Waals surface area contributed by atoms with Gasteiger partial charge in [0, 0.05) is 53.5 Å². The number of amides is 1. The second kappa shape index (κ2) is 9.51. The van der Waals surface area contributed by atoms with Crippen molar-refractivity contribution in [1.29, 1.82) is 0 Å². The van der Waals surface area contributed by atoms with Crippen LogP contribution in [0.15, 0.2) is 48.8 Å². The van der Waals surface area contributed by atoms with Crippen LogP contribution in [0, 0.1) is 6.92 Å². The van der Waals surface area contributed by atoms with Gasteiger partial charge in [0.1, 0.15) is 5.69 Å². The molecule has 2 aliphatic rings. The van der Waals surface area contributed by atoms with E-state index in [1.54, 1.807) is 6.07 Å². The summed E-state index contributed by atoms with van der Waals surface area (Å²) in [7, 11) is 0. The number of ether oxygens (including phenoxy) is 1. The van der Waals surface area contributed by atoms with Crippen molar-refractivity contribution in [3.63, 3.8) is 0 Å². The lowest BCUT2D eigenvalue weighted by atomic mass is 9.89. The molecule has 5 rings (SSSR count). The third kappa shape index (κ3) is 4.78. The van der Waals surface area contributed by atoms with E-state index < -0.39 is 23.9 Å². The van der Waals surface area contributed by atoms with Crippen molar-refractivity contribution in [2.45, 2.75) is 38.1 Å². The van der Waals surface area contributed by atoms with Gasteiger partial charge in [-0.05, 0) is 49.6 Å². The van der Waals surface area contributed by atoms with E-state index in [2.05, 4.69) is 20.2 Å². The number of anilines is 2. The number of aromatic nitrogens is 2. The highest BCUT2D eigenvalue weighted by Gasteiger charge is 2.34. The van der Waals surface area contributed by atoms with Crippen LogP contribution in [0.4, 0.5) is 24.5 Å². The Balaban J connectivity index is 1.44. The van der Waals surface area contributed by atoms with Gasteiger partial charge in [-0.3, -0.25) is 14.8 Å². The van der Waals surface area contributed by atoms with Crippen molar-refractivity contribution in [3.05, 3.63) is 71.3 Å². The number of rotatable bonds is 3. The van der Waals surface area contributed by atoms with E-state index in [9.17, 15) is 23.1 Å². The maximum atomic E-state index is 13.0. The van der Waals surface area contributed by atoms with Crippen molar-refractivity contribution in [3.8, 4) is 11.1 Å². The number of hydrogen-bond donors (Lipinski definition) is 2. The highest BCUT2D eigenvalue weighted by atomic mass is 19.4. The molecular weight excluding hydrogens is 473 g/mol. The zero-order valence-electron chi connectivity index (χ0n) is 19.5. The Labute approximate surface area is 205 Å². The summed E-state index contributed by atoms with van der Waals surface area (Å²) in [5.74, 6) is -0.694. The van der Waals surface area contributed by atoms with Crippen LogP contribution in [0.2, 0.25) is 0 Å². The van der Waals surface area contributed by atoms with Crippen molar-refractivity contribution >= 4 is 17.3 Å². The molecule has 2 atom stereocenters. The number of nitrogens with zero attached hydrogens (tertiary/aromatic N) is 3. The second-order valence-corrected chi connectivity index (χ2v) is 9.01. The molecule has 3 aromatic rings. The third-order valence-electron chi connectivity index (χ3n) is 6.68. The van der Waals surface area contributed by atoms with Gasteiger partial charge in [-0.1, -0.05) is 12.1 Å². The van der Waals surface area contributed by atoms with Crippen LogP contribution in [0.5, 0.6) is 0 Å². The predicted molar refractivity (Wildman–Crippen MR) is 128 cm³/mol. The van der Waals surface area contributed by atoms with E-state index in [1.165, 1.54) is 12.3 Å². The summed E-state index contributed by atoms with van der Waals surface area (Å²) >= 11 is 0. The van der Waals surface area contributed by atoms with E-state index in [1.807, 2.05) is 25.1 Å². The zero-order valence-corrected chi connectivity index (χ0v) is 19.5. The topological polar surface area (TPSA) is 87.6 Å². The van der Waals surface area contributed by atoms with Crippen LogP contribution < -0.4 is 10.2 Å². The van der Waals surface area contributed by atoms with E-state index in [-0.39, 0.29) is 11.6 Å². The molecule has 1 aromatic carbocycles. The van der Waals surface area contributed by atoms with Crippen LogP contribution in [-0.2, 0) is 10.9 Å². The number of pyridine rings is 2. The lowest BCUT2D eigenvalue weighted by molar-refractivity contribution is -0.141. The first-order valence-electron chi connectivity index (χ1n) is 11.7. The number of nitrogens with one attached hydrogen (secondary N) is 1. The Morgan fingerprint density at radius 2 is 2.00 bits per heavy atom. The van der Waals surface area contributed by atoms with Gasteiger partial charge in [-0.15, -0.1) is 0 Å². The number of aliphatic hydroxyl groups excluding tert-OH is 1. The van der Waals surface area contributed by atoms with Gasteiger partial charge in [0.25, 0.3) is 5.91 Å². The first kappa shape index (κ1) is 24.2. The second-order valence-electron chi connectivity index (χ2n) is 9.01. The molecule has 2 N–H and O–H groups in total. The molecule has 0 bridgehead atoms. The average molecular weight is 499 g/mol. The molecule has 2 aliphatic heterocycles. The summed E-state index contributed by atoms with van der Waals surface area (Å²) < 4.78 is 44.6. The number of carbonyl (C=O) groups is 1. The highest BCUT2D eigenvalue weighted by molar-refractivity contribution is 6.04. The van der Waals surface area contributed by atoms with Gasteiger partial charge in [0.2, 0.25) is 0 Å². The molecule has 7 nitrogen and oxygen atoms in total. The normalized spacial score (nSPS) is 19.8. The molecule has 2 aromatic heterocycles. The van der Waals surface area contributed by atoms with Gasteiger partial charge >= 0.3 is 6.18 Å². The predicted octanol–water partition coefficient (Wildman–Crippen LogP) is 4.76. The van der Waals surface area contributed by atoms with Crippen molar-refractivity contribution < 1.29 is 27.8 Å². The van der Waals surface area contributed by atoms with Gasteiger partial charge in [-0.25, -0.2) is 0 Å². The fraction of sp³-hybridized carbons (Fsp3) is 0.346. The Hall–Kier alpha value is -3.50. The zero-order chi connectivity index (χ0) is 25.4. The van der Waals surface area contributed by atoms with Crippen LogP contribution >= 0.6 is 0 Å². The number of benzene rings is 1. The molecule has 0 saturated carbocycles. The number of aliphatic hydroxyl groups is 1. The molecule has 1 fully saturated rings. The van der Waals surface area contributed by atoms with E-state index >= 15 is 0 Å². The first-order chi connectivity index (χ1) is 17.2. The molecule has 2 unspecified atom stereocenters. The highest BCUT2D eigenvalue weighted by Crippen LogP contribution is 2.41. The van der Waals surface area contributed by atoms with Crippen molar-refractivity contribution in [2.24, 2.45) is 0 Å². The van der Waals surface area contributed by atoms with Gasteiger partial charge in [-0.2, -0.15) is 13.2 Å². The maximum Gasteiger partial charge on any atom is 0.433 e. The number of aryl methyl sites for hydroxylation is 1. The lowest BCUT2D eigenvalue weighted by Gasteiger charge is -2.39. The Morgan fingerprint density at radius 3 is 2.81 bits per heavy atom.